The molecular formula is C41H53N5O5. The Balaban J connectivity index is 1.85. The monoisotopic (exact) mass is 695 g/mol. The number of fused-ring (bicyclic) bond motifs is 8. The van der Waals surface area contributed by atoms with Gasteiger partial charge >= 0.3 is 11.9 Å². The van der Waals surface area contributed by atoms with Gasteiger partial charge in [0, 0.05) is 71.8 Å². The Labute approximate surface area is 301 Å². The molecule has 5 rings (SSSR count). The first-order valence-corrected chi connectivity index (χ1v) is 18.2. The van der Waals surface area contributed by atoms with Gasteiger partial charge in [-0.15, -0.1) is 0 Å². The highest BCUT2D eigenvalue weighted by Crippen LogP contribution is 2.43. The highest BCUT2D eigenvalue weighted by Gasteiger charge is 2.33. The number of carbonyl (C=O) groups excluding carboxylic acids is 3. The SMILES string of the molecule is CCCCCC(=O)N(C)CC1=C(C)c2cc3nc(c(C)c4[nH]c(cc5[nH]c(cc1n2)c(C)c5CC)c(C)c4C(=O)OC)[C@@H](CCC(=O)OC)[C@@H]3C. The zero-order chi connectivity index (χ0) is 37.1. The molecule has 272 valence electrons. The van der Waals surface area contributed by atoms with Gasteiger partial charge in [0.25, 0.3) is 0 Å². The maximum Gasteiger partial charge on any atom is 0.340 e. The van der Waals surface area contributed by atoms with Crippen LogP contribution in [0.5, 0.6) is 0 Å². The molecule has 0 unspecified atom stereocenters. The highest BCUT2D eigenvalue weighted by molar-refractivity contribution is 6.03. The number of aromatic amines is 2. The molecule has 10 nitrogen and oxygen atoms in total. The number of amides is 1. The van der Waals surface area contributed by atoms with Gasteiger partial charge < -0.3 is 24.3 Å². The van der Waals surface area contributed by atoms with E-state index < -0.39 is 5.97 Å². The molecule has 2 aliphatic heterocycles. The van der Waals surface area contributed by atoms with Gasteiger partial charge in [0.05, 0.1) is 36.7 Å². The van der Waals surface area contributed by atoms with E-state index in [1.807, 2.05) is 31.9 Å². The van der Waals surface area contributed by atoms with E-state index >= 15 is 0 Å². The van der Waals surface area contributed by atoms with Crippen molar-refractivity contribution in [3.05, 3.63) is 68.8 Å². The van der Waals surface area contributed by atoms with Gasteiger partial charge in [-0.1, -0.05) is 33.6 Å². The van der Waals surface area contributed by atoms with Crippen LogP contribution < -0.4 is 0 Å². The first-order chi connectivity index (χ1) is 24.3. The van der Waals surface area contributed by atoms with Crippen molar-refractivity contribution in [1.29, 1.82) is 0 Å². The molecule has 10 heteroatoms. The maximum absolute atomic E-state index is 13.3. The number of unbranched alkanes of at least 4 members (excludes halogenated alkanes) is 2. The number of allylic oxidation sites excluding steroid dienone is 1. The summed E-state index contributed by atoms with van der Waals surface area (Å²) in [6.45, 7) is 14.9. The minimum Gasteiger partial charge on any atom is -0.469 e. The quantitative estimate of drug-likeness (QED) is 0.152. The van der Waals surface area contributed by atoms with E-state index in [1.165, 1.54) is 14.2 Å². The summed E-state index contributed by atoms with van der Waals surface area (Å²) in [6, 6.07) is 6.20. The topological polar surface area (TPSA) is 130 Å². The molecule has 8 bridgehead atoms. The number of methoxy groups -OCH3 is 2. The molecule has 3 aromatic heterocycles. The molecule has 0 saturated carbocycles. The van der Waals surface area contributed by atoms with Crippen LogP contribution in [0.25, 0.3) is 33.2 Å². The van der Waals surface area contributed by atoms with Crippen LogP contribution in [0, 0.1) is 20.8 Å². The second-order valence-electron chi connectivity index (χ2n) is 14.0. The number of H-pyrrole nitrogens is 2. The summed E-state index contributed by atoms with van der Waals surface area (Å²) in [4.78, 5) is 58.3. The Hall–Kier alpha value is -4.73. The molecule has 51 heavy (non-hydrogen) atoms. The maximum atomic E-state index is 13.3. The van der Waals surface area contributed by atoms with Crippen LogP contribution in [0.1, 0.15) is 133 Å². The van der Waals surface area contributed by atoms with Crippen molar-refractivity contribution in [1.82, 2.24) is 24.8 Å². The molecule has 2 N–H and O–H groups in total. The standard InChI is InChI=1S/C41H53N5O5/c1-11-13-14-15-36(47)46(8)21-29-24(5)30-18-32-23(4)28(16-17-37(48)50-9)39(44-32)26(7)40-38(41(49)51-10)25(6)33(45-40)20-34-27(12-2)22(3)31(42-34)19-35(29)43-30/h18-20,23,28,42,45H,11-17,21H2,1-10H3/t23-,28-/m0/s1. The number of ether oxygens (including phenoxy) is 2. The number of hydrogen-bond acceptors (Lipinski definition) is 7. The Kier molecular flexibility index (Phi) is 11.5. The van der Waals surface area contributed by atoms with Crippen molar-refractivity contribution >= 4 is 51.1 Å². The van der Waals surface area contributed by atoms with Crippen LogP contribution in [0.4, 0.5) is 0 Å². The zero-order valence-corrected chi connectivity index (χ0v) is 31.9. The third-order valence-corrected chi connectivity index (χ3v) is 10.9. The van der Waals surface area contributed by atoms with E-state index in [1.54, 1.807) is 0 Å². The summed E-state index contributed by atoms with van der Waals surface area (Å²) in [5.74, 6) is -0.744. The minimum atomic E-state index is -0.429. The summed E-state index contributed by atoms with van der Waals surface area (Å²) in [7, 11) is 4.67. The third kappa shape index (κ3) is 7.37. The first kappa shape index (κ1) is 37.5. The van der Waals surface area contributed by atoms with E-state index in [-0.39, 0.29) is 30.1 Å². The lowest BCUT2D eigenvalue weighted by Gasteiger charge is -2.18. The molecule has 0 aliphatic carbocycles. The number of rotatable bonds is 11. The Bertz CT molecular complexity index is 2050. The van der Waals surface area contributed by atoms with Crippen molar-refractivity contribution < 1.29 is 23.9 Å². The van der Waals surface area contributed by atoms with Gasteiger partial charge in [0.2, 0.25) is 5.91 Å². The fourth-order valence-corrected chi connectivity index (χ4v) is 7.53. The van der Waals surface area contributed by atoms with Crippen molar-refractivity contribution in [2.45, 2.75) is 105 Å². The van der Waals surface area contributed by atoms with E-state index in [4.69, 9.17) is 19.4 Å². The van der Waals surface area contributed by atoms with E-state index in [0.29, 0.717) is 30.5 Å². The van der Waals surface area contributed by atoms with Crippen LogP contribution in [0.2, 0.25) is 0 Å². The summed E-state index contributed by atoms with van der Waals surface area (Å²) in [6.07, 6.45) is 5.06. The predicted octanol–water partition coefficient (Wildman–Crippen LogP) is 8.40. The zero-order valence-electron chi connectivity index (χ0n) is 31.9. The lowest BCUT2D eigenvalue weighted by atomic mass is 9.85. The number of aryl methyl sites for hydroxylation is 4. The number of esters is 2. The van der Waals surface area contributed by atoms with E-state index in [0.717, 1.165) is 98.4 Å². The van der Waals surface area contributed by atoms with Crippen LogP contribution in [-0.2, 0) is 25.5 Å². The molecule has 0 radical (unpaired) electrons. The van der Waals surface area contributed by atoms with Gasteiger partial charge in [-0.05, 0) is 93.0 Å². The van der Waals surface area contributed by atoms with Gasteiger partial charge in [-0.25, -0.2) is 9.78 Å². The lowest BCUT2D eigenvalue weighted by Crippen LogP contribution is -2.28. The van der Waals surface area contributed by atoms with E-state index in [9.17, 15) is 14.4 Å². The fourth-order valence-electron chi connectivity index (χ4n) is 7.53. The molecule has 1 amide bonds. The Morgan fingerprint density at radius 3 is 2.24 bits per heavy atom. The van der Waals surface area contributed by atoms with Crippen molar-refractivity contribution in [3.8, 4) is 0 Å². The van der Waals surface area contributed by atoms with Crippen molar-refractivity contribution in [3.63, 3.8) is 0 Å². The van der Waals surface area contributed by atoms with Crippen molar-refractivity contribution in [2.75, 3.05) is 27.8 Å². The molecule has 0 saturated heterocycles. The summed E-state index contributed by atoms with van der Waals surface area (Å²) < 4.78 is 10.3. The summed E-state index contributed by atoms with van der Waals surface area (Å²) in [5, 5.41) is 0. The first-order valence-electron chi connectivity index (χ1n) is 18.2. The lowest BCUT2D eigenvalue weighted by molar-refractivity contribution is -0.140. The largest absolute Gasteiger partial charge is 0.469 e. The number of likely N-dealkylation sites (N-methyl/N-ethyl adjacent to an activating group) is 1. The second kappa shape index (κ2) is 15.7. The molecule has 0 spiro atoms. The van der Waals surface area contributed by atoms with Crippen LogP contribution in [-0.4, -0.2) is 70.5 Å². The number of nitrogens with zero attached hydrogens (tertiary/aromatic N) is 3. The van der Waals surface area contributed by atoms with E-state index in [2.05, 4.69) is 56.7 Å². The Morgan fingerprint density at radius 1 is 0.843 bits per heavy atom. The van der Waals surface area contributed by atoms with Gasteiger partial charge in [0.1, 0.15) is 0 Å². The van der Waals surface area contributed by atoms with Gasteiger partial charge in [-0.2, -0.15) is 0 Å². The number of hydrogen-bond donors (Lipinski definition) is 2. The smallest absolute Gasteiger partial charge is 0.340 e. The normalized spacial score (nSPS) is 15.6. The van der Waals surface area contributed by atoms with Gasteiger partial charge in [0.15, 0.2) is 0 Å². The number of carbonyl (C=O) groups is 3. The molecule has 0 fully saturated rings. The molecule has 5 heterocycles. The molecule has 2 aliphatic rings. The third-order valence-electron chi connectivity index (χ3n) is 10.9. The Morgan fingerprint density at radius 2 is 1.57 bits per heavy atom. The molecule has 3 aromatic rings. The number of aromatic nitrogens is 4. The average molecular weight is 696 g/mol. The van der Waals surface area contributed by atoms with Crippen LogP contribution in [0.15, 0.2) is 18.2 Å². The predicted molar refractivity (Wildman–Crippen MR) is 203 cm³/mol. The van der Waals surface area contributed by atoms with Crippen LogP contribution in [0.3, 0.4) is 0 Å². The minimum absolute atomic E-state index is 0.0475. The molecular weight excluding hydrogens is 642 g/mol. The summed E-state index contributed by atoms with van der Waals surface area (Å²) in [5.41, 5.74) is 12.9. The average Bonchev–Trinajstić information content (AvgIpc) is 3.80. The highest BCUT2D eigenvalue weighted by atomic mass is 16.5. The fraction of sp³-hybridized carbons (Fsp3) is 0.488. The molecule has 0 aromatic carbocycles. The van der Waals surface area contributed by atoms with Crippen molar-refractivity contribution in [2.24, 2.45) is 0 Å². The molecule has 2 atom stereocenters. The van der Waals surface area contributed by atoms with Gasteiger partial charge in [-0.3, -0.25) is 14.6 Å². The second-order valence-corrected chi connectivity index (χ2v) is 14.0. The van der Waals surface area contributed by atoms with Crippen LogP contribution >= 0.6 is 0 Å². The summed E-state index contributed by atoms with van der Waals surface area (Å²) >= 11 is 0. The number of nitrogens with one attached hydrogen (secondary N) is 2.